The Bertz CT molecular complexity index is 1170. The van der Waals surface area contributed by atoms with Crippen molar-refractivity contribution < 1.29 is 32.0 Å². The molecule has 1 aromatic carbocycles. The molecular weight excluding hydrogens is 464 g/mol. The fourth-order valence-corrected chi connectivity index (χ4v) is 5.26. The van der Waals surface area contributed by atoms with Gasteiger partial charge in [0.1, 0.15) is 0 Å². The summed E-state index contributed by atoms with van der Waals surface area (Å²) in [6, 6.07) is 9.62. The Morgan fingerprint density at radius 3 is 2.18 bits per heavy atom. The summed E-state index contributed by atoms with van der Waals surface area (Å²) in [4.78, 5) is 51.7. The molecule has 0 aliphatic carbocycles. The summed E-state index contributed by atoms with van der Waals surface area (Å²) in [7, 11) is -3.63. The lowest BCUT2D eigenvalue weighted by atomic mass is 10.1. The third-order valence-electron chi connectivity index (χ3n) is 5.77. The summed E-state index contributed by atoms with van der Waals surface area (Å²) >= 11 is 0. The van der Waals surface area contributed by atoms with E-state index in [4.69, 9.17) is 4.42 Å². The molecule has 0 bridgehead atoms. The van der Waals surface area contributed by atoms with Gasteiger partial charge in [0, 0.05) is 45.7 Å². The first-order chi connectivity index (χ1) is 16.3. The number of imide groups is 1. The number of fused-ring (bicyclic) bond motifs is 1. The number of rotatable bonds is 8. The van der Waals surface area contributed by atoms with E-state index in [1.165, 1.54) is 15.5 Å². The van der Waals surface area contributed by atoms with Gasteiger partial charge in [-0.2, -0.15) is 4.31 Å². The molecule has 3 heterocycles. The molecule has 11 nitrogen and oxygen atoms in total. The molecule has 1 fully saturated rings. The van der Waals surface area contributed by atoms with Crippen LogP contribution in [0.3, 0.4) is 0 Å². The first-order valence-corrected chi connectivity index (χ1v) is 12.4. The highest BCUT2D eigenvalue weighted by molar-refractivity contribution is 7.89. The highest BCUT2D eigenvalue weighted by atomic mass is 32.2. The Morgan fingerprint density at radius 2 is 1.59 bits per heavy atom. The largest absolute Gasteiger partial charge is 0.459 e. The van der Waals surface area contributed by atoms with Gasteiger partial charge in [-0.25, -0.2) is 8.42 Å². The molecule has 34 heavy (non-hydrogen) atoms. The molecule has 2 aromatic rings. The van der Waals surface area contributed by atoms with Crippen LogP contribution in [0.4, 0.5) is 0 Å². The molecule has 0 spiro atoms. The van der Waals surface area contributed by atoms with Crippen LogP contribution in [-0.4, -0.2) is 91.2 Å². The molecule has 1 saturated heterocycles. The summed E-state index contributed by atoms with van der Waals surface area (Å²) < 4.78 is 31.6. The van der Waals surface area contributed by atoms with Crippen LogP contribution in [0.1, 0.15) is 37.7 Å². The van der Waals surface area contributed by atoms with Gasteiger partial charge in [0.05, 0.1) is 23.1 Å². The van der Waals surface area contributed by atoms with Gasteiger partial charge in [-0.1, -0.05) is 12.1 Å². The van der Waals surface area contributed by atoms with Gasteiger partial charge in [0.25, 0.3) is 17.7 Å². The van der Waals surface area contributed by atoms with Crippen LogP contribution in [0.5, 0.6) is 0 Å². The van der Waals surface area contributed by atoms with Crippen molar-refractivity contribution in [2.45, 2.75) is 6.42 Å². The van der Waals surface area contributed by atoms with Crippen molar-refractivity contribution in [1.29, 1.82) is 0 Å². The van der Waals surface area contributed by atoms with Crippen LogP contribution < -0.4 is 5.32 Å². The van der Waals surface area contributed by atoms with Gasteiger partial charge >= 0.3 is 0 Å². The molecular formula is C22H24N4O7S. The van der Waals surface area contributed by atoms with E-state index < -0.39 is 27.7 Å². The number of nitrogens with one attached hydrogen (secondary N) is 1. The molecule has 0 atom stereocenters. The lowest BCUT2D eigenvalue weighted by Crippen LogP contribution is -2.51. The van der Waals surface area contributed by atoms with Crippen molar-refractivity contribution >= 4 is 33.7 Å². The van der Waals surface area contributed by atoms with Gasteiger partial charge in [-0.15, -0.1) is 0 Å². The molecule has 12 heteroatoms. The van der Waals surface area contributed by atoms with E-state index >= 15 is 0 Å². The minimum atomic E-state index is -3.63. The van der Waals surface area contributed by atoms with Crippen molar-refractivity contribution in [3.8, 4) is 0 Å². The maximum atomic E-state index is 12.6. The quantitative estimate of drug-likeness (QED) is 0.523. The number of furan rings is 1. The first-order valence-electron chi connectivity index (χ1n) is 10.8. The van der Waals surface area contributed by atoms with E-state index in [0.717, 1.165) is 4.90 Å². The van der Waals surface area contributed by atoms with Crippen LogP contribution in [0, 0.1) is 0 Å². The zero-order valence-corrected chi connectivity index (χ0v) is 19.1. The summed E-state index contributed by atoms with van der Waals surface area (Å²) in [5.74, 6) is -1.72. The molecule has 0 radical (unpaired) electrons. The zero-order chi connectivity index (χ0) is 24.3. The van der Waals surface area contributed by atoms with E-state index in [1.54, 1.807) is 36.4 Å². The minimum absolute atomic E-state index is 0.0867. The van der Waals surface area contributed by atoms with E-state index in [2.05, 4.69) is 5.32 Å². The third-order valence-corrected chi connectivity index (χ3v) is 7.65. The van der Waals surface area contributed by atoms with Crippen molar-refractivity contribution in [1.82, 2.24) is 19.4 Å². The highest BCUT2D eigenvalue weighted by Gasteiger charge is 2.35. The number of hydrogen-bond acceptors (Lipinski definition) is 7. The number of piperazine rings is 1. The van der Waals surface area contributed by atoms with Crippen molar-refractivity contribution in [2.24, 2.45) is 0 Å². The van der Waals surface area contributed by atoms with Gasteiger partial charge in [0.2, 0.25) is 15.9 Å². The lowest BCUT2D eigenvalue weighted by molar-refractivity contribution is -0.121. The van der Waals surface area contributed by atoms with Crippen LogP contribution in [0.15, 0.2) is 47.1 Å². The molecule has 4 amide bonds. The number of benzene rings is 1. The summed E-state index contributed by atoms with van der Waals surface area (Å²) in [6.45, 7) is 0.604. The van der Waals surface area contributed by atoms with Crippen molar-refractivity contribution in [3.63, 3.8) is 0 Å². The second kappa shape index (κ2) is 9.77. The van der Waals surface area contributed by atoms with Gasteiger partial charge < -0.3 is 14.6 Å². The number of carbonyl (C=O) groups is 4. The van der Waals surface area contributed by atoms with Gasteiger partial charge in [-0.3, -0.25) is 24.1 Å². The van der Waals surface area contributed by atoms with Gasteiger partial charge in [0.15, 0.2) is 5.76 Å². The molecule has 4 rings (SSSR count). The van der Waals surface area contributed by atoms with Crippen molar-refractivity contribution in [3.05, 3.63) is 59.5 Å². The Balaban J connectivity index is 1.19. The van der Waals surface area contributed by atoms with Crippen molar-refractivity contribution in [2.75, 3.05) is 45.0 Å². The molecule has 2 aliphatic rings. The Hall–Kier alpha value is -3.51. The molecule has 1 N–H and O–H groups in total. The normalized spacial score (nSPS) is 16.6. The molecule has 0 unspecified atom stereocenters. The van der Waals surface area contributed by atoms with E-state index in [1.807, 2.05) is 0 Å². The summed E-state index contributed by atoms with van der Waals surface area (Å²) in [5.41, 5.74) is 0.620. The Kier molecular flexibility index (Phi) is 6.80. The SMILES string of the molecule is O=C(CCN1C(=O)c2ccccc2C1=O)NCCS(=O)(=O)N1CCN(C(=O)c2ccco2)CC1. The maximum absolute atomic E-state index is 12.6. The van der Waals surface area contributed by atoms with E-state index in [-0.39, 0.29) is 63.1 Å². The molecule has 2 aliphatic heterocycles. The van der Waals surface area contributed by atoms with Crippen LogP contribution in [0.2, 0.25) is 0 Å². The highest BCUT2D eigenvalue weighted by Crippen LogP contribution is 2.22. The average Bonchev–Trinajstić information content (AvgIpc) is 3.45. The first kappa shape index (κ1) is 23.6. The minimum Gasteiger partial charge on any atom is -0.459 e. The number of sulfonamides is 1. The lowest BCUT2D eigenvalue weighted by Gasteiger charge is -2.33. The number of hydrogen-bond donors (Lipinski definition) is 1. The smallest absolute Gasteiger partial charge is 0.289 e. The Morgan fingerprint density at radius 1 is 0.941 bits per heavy atom. The van der Waals surface area contributed by atoms with Crippen LogP contribution >= 0.6 is 0 Å². The monoisotopic (exact) mass is 488 g/mol. The molecule has 0 saturated carbocycles. The number of carbonyl (C=O) groups excluding carboxylic acids is 4. The maximum Gasteiger partial charge on any atom is 0.289 e. The number of amides is 4. The second-order valence-corrected chi connectivity index (χ2v) is 9.98. The summed E-state index contributed by atoms with van der Waals surface area (Å²) in [6.07, 6.45) is 1.28. The van der Waals surface area contributed by atoms with Crippen LogP contribution in [0.25, 0.3) is 0 Å². The van der Waals surface area contributed by atoms with Crippen LogP contribution in [-0.2, 0) is 14.8 Å². The third kappa shape index (κ3) is 4.87. The van der Waals surface area contributed by atoms with Gasteiger partial charge in [-0.05, 0) is 24.3 Å². The molecule has 1 aromatic heterocycles. The molecule has 180 valence electrons. The summed E-state index contributed by atoms with van der Waals surface area (Å²) in [5, 5.41) is 2.53. The standard InChI is InChI=1S/C22H24N4O7S/c27-19(7-9-26-20(28)16-4-1-2-5-17(16)21(26)29)23-8-15-34(31,32)25-12-10-24(11-13-25)22(30)18-6-3-14-33-18/h1-6,14H,7-13,15H2,(H,23,27). The fourth-order valence-electron chi connectivity index (χ4n) is 3.92. The average molecular weight is 489 g/mol. The second-order valence-electron chi connectivity index (χ2n) is 7.89. The number of nitrogens with zero attached hydrogens (tertiary/aromatic N) is 3. The predicted molar refractivity (Wildman–Crippen MR) is 119 cm³/mol. The fraction of sp³-hybridized carbons (Fsp3) is 0.364. The Labute approximate surface area is 196 Å². The zero-order valence-electron chi connectivity index (χ0n) is 18.3. The van der Waals surface area contributed by atoms with E-state index in [0.29, 0.717) is 11.1 Å². The van der Waals surface area contributed by atoms with E-state index in [9.17, 15) is 27.6 Å². The predicted octanol–water partition coefficient (Wildman–Crippen LogP) is 0.170. The topological polar surface area (TPSA) is 137 Å².